The molecule has 1 aromatic carbocycles. The highest BCUT2D eigenvalue weighted by atomic mass is 19.3. The molecule has 78 valence electrons. The molecule has 1 aromatic rings. The molecule has 0 aliphatic rings. The summed E-state index contributed by atoms with van der Waals surface area (Å²) < 4.78 is 25.7. The highest BCUT2D eigenvalue weighted by Crippen LogP contribution is 2.27. The van der Waals surface area contributed by atoms with Crippen molar-refractivity contribution in [2.45, 2.75) is 12.8 Å². The maximum absolute atomic E-state index is 12.8. The summed E-state index contributed by atoms with van der Waals surface area (Å²) in [5.41, 5.74) is 6.27. The van der Waals surface area contributed by atoms with E-state index in [2.05, 4.69) is 0 Å². The molecular formula is C11H10F2N2. The molecule has 0 radical (unpaired) electrons. The van der Waals surface area contributed by atoms with Crippen molar-refractivity contribution in [1.29, 1.82) is 5.26 Å². The van der Waals surface area contributed by atoms with Crippen molar-refractivity contribution in [1.82, 2.24) is 0 Å². The van der Waals surface area contributed by atoms with Crippen LogP contribution in [0.1, 0.15) is 18.1 Å². The van der Waals surface area contributed by atoms with Gasteiger partial charge in [0, 0.05) is 24.3 Å². The average Bonchev–Trinajstić information content (AvgIpc) is 2.17. The molecule has 0 saturated carbocycles. The van der Waals surface area contributed by atoms with Crippen LogP contribution in [0.15, 0.2) is 30.3 Å². The van der Waals surface area contributed by atoms with Crippen LogP contribution >= 0.6 is 0 Å². The van der Waals surface area contributed by atoms with Gasteiger partial charge in [-0.1, -0.05) is 24.3 Å². The van der Waals surface area contributed by atoms with E-state index in [-0.39, 0.29) is 11.3 Å². The van der Waals surface area contributed by atoms with Crippen molar-refractivity contribution in [2.24, 2.45) is 5.73 Å². The van der Waals surface area contributed by atoms with Crippen molar-refractivity contribution in [2.75, 3.05) is 0 Å². The Bertz CT molecular complexity index is 408. The molecule has 15 heavy (non-hydrogen) atoms. The molecule has 2 nitrogen and oxygen atoms in total. The van der Waals surface area contributed by atoms with E-state index < -0.39 is 5.92 Å². The number of allylic oxidation sites excluding steroid dienone is 1. The van der Waals surface area contributed by atoms with Crippen LogP contribution in [-0.2, 0) is 5.92 Å². The second kappa shape index (κ2) is 4.09. The lowest BCUT2D eigenvalue weighted by Gasteiger charge is -2.10. The van der Waals surface area contributed by atoms with Crippen LogP contribution in [0.25, 0.3) is 5.70 Å². The monoisotopic (exact) mass is 208 g/mol. The van der Waals surface area contributed by atoms with Crippen molar-refractivity contribution < 1.29 is 8.78 Å². The van der Waals surface area contributed by atoms with Gasteiger partial charge in [0.1, 0.15) is 0 Å². The summed E-state index contributed by atoms with van der Waals surface area (Å²) in [5.74, 6) is -2.85. The second-order valence-corrected chi connectivity index (χ2v) is 3.19. The van der Waals surface area contributed by atoms with E-state index in [1.165, 1.54) is 30.3 Å². The molecule has 0 spiro atoms. The number of nitrogens with two attached hydrogens (primary N) is 1. The van der Waals surface area contributed by atoms with Crippen LogP contribution in [0, 0.1) is 11.3 Å². The standard InChI is InChI=1S/C11H10F2N2/c1-11(12,13)9-4-2-8(3-5-9)10(15)6-7-14/h2-6H,15H2,1H3. The van der Waals surface area contributed by atoms with E-state index in [0.717, 1.165) is 6.92 Å². The van der Waals surface area contributed by atoms with E-state index in [9.17, 15) is 8.78 Å². The second-order valence-electron chi connectivity index (χ2n) is 3.19. The van der Waals surface area contributed by atoms with Crippen molar-refractivity contribution in [3.63, 3.8) is 0 Å². The van der Waals surface area contributed by atoms with Gasteiger partial charge in [-0.2, -0.15) is 5.26 Å². The number of rotatable bonds is 2. The summed E-state index contributed by atoms with van der Waals surface area (Å²) in [6, 6.07) is 7.31. The molecule has 1 rings (SSSR count). The summed E-state index contributed by atoms with van der Waals surface area (Å²) >= 11 is 0. The Kier molecular flexibility index (Phi) is 3.05. The topological polar surface area (TPSA) is 49.8 Å². The molecule has 2 N–H and O–H groups in total. The molecule has 4 heteroatoms. The van der Waals surface area contributed by atoms with Crippen LogP contribution in [0.4, 0.5) is 8.78 Å². The molecule has 0 aromatic heterocycles. The minimum atomic E-state index is -2.85. The van der Waals surface area contributed by atoms with Gasteiger partial charge in [0.25, 0.3) is 5.92 Å². The fraction of sp³-hybridized carbons (Fsp3) is 0.182. The van der Waals surface area contributed by atoms with Gasteiger partial charge in [-0.15, -0.1) is 0 Å². The van der Waals surface area contributed by atoms with Gasteiger partial charge < -0.3 is 5.73 Å². The number of nitriles is 1. The maximum Gasteiger partial charge on any atom is 0.270 e. The summed E-state index contributed by atoms with van der Waals surface area (Å²) in [6.45, 7) is 0.830. The zero-order valence-corrected chi connectivity index (χ0v) is 8.17. The Balaban J connectivity index is 3.02. The average molecular weight is 208 g/mol. The molecule has 0 aliphatic carbocycles. The summed E-state index contributed by atoms with van der Waals surface area (Å²) in [6.07, 6.45) is 1.17. The van der Waals surface area contributed by atoms with Crippen molar-refractivity contribution in [3.05, 3.63) is 41.5 Å². The largest absolute Gasteiger partial charge is 0.398 e. The molecule has 0 amide bonds. The third kappa shape index (κ3) is 2.78. The molecule has 0 bridgehead atoms. The summed E-state index contributed by atoms with van der Waals surface area (Å²) in [7, 11) is 0. The zero-order chi connectivity index (χ0) is 11.5. The van der Waals surface area contributed by atoms with Gasteiger partial charge in [-0.05, 0) is 5.56 Å². The molecule has 0 saturated heterocycles. The maximum atomic E-state index is 12.8. The Morgan fingerprint density at radius 3 is 2.33 bits per heavy atom. The van der Waals surface area contributed by atoms with Crippen LogP contribution in [0.5, 0.6) is 0 Å². The van der Waals surface area contributed by atoms with Gasteiger partial charge in [-0.25, -0.2) is 8.78 Å². The van der Waals surface area contributed by atoms with Crippen LogP contribution in [-0.4, -0.2) is 0 Å². The number of halogens is 2. The minimum absolute atomic E-state index is 0.0731. The minimum Gasteiger partial charge on any atom is -0.398 e. The van der Waals surface area contributed by atoms with Gasteiger partial charge in [0.2, 0.25) is 0 Å². The highest BCUT2D eigenvalue weighted by Gasteiger charge is 2.23. The number of hydrogen-bond acceptors (Lipinski definition) is 2. The van der Waals surface area contributed by atoms with E-state index in [4.69, 9.17) is 11.0 Å². The molecule has 0 fully saturated rings. The molecule has 0 heterocycles. The highest BCUT2D eigenvalue weighted by molar-refractivity contribution is 5.64. The smallest absolute Gasteiger partial charge is 0.270 e. The predicted molar refractivity (Wildman–Crippen MR) is 53.8 cm³/mol. The number of alkyl halides is 2. The molecule has 0 unspecified atom stereocenters. The normalized spacial score (nSPS) is 12.3. The Hall–Kier alpha value is -1.89. The number of benzene rings is 1. The first-order valence-corrected chi connectivity index (χ1v) is 4.29. The fourth-order valence-electron chi connectivity index (χ4n) is 1.11. The SMILES string of the molecule is CC(F)(F)c1ccc(C(N)=CC#N)cc1. The number of nitrogens with zero attached hydrogens (tertiary/aromatic N) is 1. The van der Waals surface area contributed by atoms with E-state index >= 15 is 0 Å². The quantitative estimate of drug-likeness (QED) is 0.759. The zero-order valence-electron chi connectivity index (χ0n) is 8.17. The first kappa shape index (κ1) is 11.2. The third-order valence-corrected chi connectivity index (χ3v) is 1.95. The van der Waals surface area contributed by atoms with Crippen LogP contribution in [0.2, 0.25) is 0 Å². The van der Waals surface area contributed by atoms with Crippen LogP contribution < -0.4 is 5.73 Å². The van der Waals surface area contributed by atoms with E-state index in [0.29, 0.717) is 5.56 Å². The lowest BCUT2D eigenvalue weighted by atomic mass is 10.1. The Morgan fingerprint density at radius 1 is 1.40 bits per heavy atom. The van der Waals surface area contributed by atoms with Gasteiger partial charge in [-0.3, -0.25) is 0 Å². The van der Waals surface area contributed by atoms with Gasteiger partial charge in [0.15, 0.2) is 0 Å². The predicted octanol–water partition coefficient (Wildman–Crippen LogP) is 2.62. The molecule has 0 atom stereocenters. The first-order valence-electron chi connectivity index (χ1n) is 4.29. The summed E-state index contributed by atoms with van der Waals surface area (Å²) in [5, 5.41) is 8.36. The third-order valence-electron chi connectivity index (χ3n) is 1.95. The first-order chi connectivity index (χ1) is 6.95. The lowest BCUT2D eigenvalue weighted by Crippen LogP contribution is -2.07. The molecule has 0 aliphatic heterocycles. The fourth-order valence-corrected chi connectivity index (χ4v) is 1.11. The van der Waals surface area contributed by atoms with Gasteiger partial charge in [0.05, 0.1) is 6.07 Å². The van der Waals surface area contributed by atoms with E-state index in [1.807, 2.05) is 0 Å². The Labute approximate surface area is 86.6 Å². The van der Waals surface area contributed by atoms with Crippen LogP contribution in [0.3, 0.4) is 0 Å². The number of hydrogen-bond donors (Lipinski definition) is 1. The van der Waals surface area contributed by atoms with Crippen molar-refractivity contribution >= 4 is 5.70 Å². The molecular weight excluding hydrogens is 198 g/mol. The summed E-state index contributed by atoms with van der Waals surface area (Å²) in [4.78, 5) is 0. The van der Waals surface area contributed by atoms with E-state index in [1.54, 1.807) is 6.07 Å². The van der Waals surface area contributed by atoms with Gasteiger partial charge >= 0.3 is 0 Å². The Morgan fingerprint density at radius 2 is 1.93 bits per heavy atom. The lowest BCUT2D eigenvalue weighted by molar-refractivity contribution is 0.0175. The van der Waals surface area contributed by atoms with Crippen molar-refractivity contribution in [3.8, 4) is 6.07 Å².